The summed E-state index contributed by atoms with van der Waals surface area (Å²) in [7, 11) is 0. The van der Waals surface area contributed by atoms with Gasteiger partial charge in [-0.1, -0.05) is 25.5 Å². The molecule has 190 valence electrons. The van der Waals surface area contributed by atoms with E-state index in [4.69, 9.17) is 9.47 Å². The Bertz CT molecular complexity index is 1110. The van der Waals surface area contributed by atoms with Crippen molar-refractivity contribution >= 4 is 17.7 Å². The van der Waals surface area contributed by atoms with Crippen molar-refractivity contribution in [2.75, 3.05) is 13.2 Å². The second kappa shape index (κ2) is 12.4. The Morgan fingerprint density at radius 2 is 2.08 bits per heavy atom. The Labute approximate surface area is 207 Å². The van der Waals surface area contributed by atoms with Crippen LogP contribution < -0.4 is 10.1 Å². The molecule has 2 amide bonds. The van der Waals surface area contributed by atoms with Crippen LogP contribution in [0.25, 0.3) is 0 Å². The molecule has 0 aliphatic carbocycles. The van der Waals surface area contributed by atoms with Gasteiger partial charge in [-0.2, -0.15) is 5.26 Å². The molecule has 0 spiro atoms. The van der Waals surface area contributed by atoms with Gasteiger partial charge >= 0.3 is 6.09 Å². The molecule has 3 atom stereocenters. The number of amides is 2. The van der Waals surface area contributed by atoms with E-state index in [1.807, 2.05) is 13.0 Å². The number of alkyl carbamates (subject to hydrolysis) is 1. The average molecular weight is 499 g/mol. The van der Waals surface area contributed by atoms with Crippen molar-refractivity contribution in [2.24, 2.45) is 0 Å². The van der Waals surface area contributed by atoms with Gasteiger partial charge in [0.05, 0.1) is 24.1 Å². The first-order valence-electron chi connectivity index (χ1n) is 11.5. The van der Waals surface area contributed by atoms with E-state index >= 15 is 0 Å². The zero-order valence-electron chi connectivity index (χ0n) is 19.6. The summed E-state index contributed by atoms with van der Waals surface area (Å²) in [5.74, 6) is -0.000860. The lowest BCUT2D eigenvalue weighted by Gasteiger charge is -2.26. The predicted molar refractivity (Wildman–Crippen MR) is 125 cm³/mol. The second-order valence-corrected chi connectivity index (χ2v) is 8.22. The summed E-state index contributed by atoms with van der Waals surface area (Å²) in [6.07, 6.45) is 0.510. The number of carbonyl (C=O) groups excluding carboxylic acids is 2. The fraction of sp³-hybridized carbons (Fsp3) is 0.417. The summed E-state index contributed by atoms with van der Waals surface area (Å²) in [6, 6.07) is 9.19. The Kier molecular flexibility index (Phi) is 9.10. The van der Waals surface area contributed by atoms with Crippen LogP contribution in [-0.2, 0) is 16.0 Å². The summed E-state index contributed by atoms with van der Waals surface area (Å²) >= 11 is 0. The van der Waals surface area contributed by atoms with E-state index in [-0.39, 0.29) is 37.6 Å². The predicted octanol–water partition coefficient (Wildman–Crippen LogP) is 3.68. The second-order valence-electron chi connectivity index (χ2n) is 8.22. The lowest BCUT2D eigenvalue weighted by Crippen LogP contribution is -2.51. The third-order valence-corrected chi connectivity index (χ3v) is 5.52. The maximum Gasteiger partial charge on any atom is 0.407 e. The number of nitrogens with one attached hydrogen (secondary N) is 1. The number of nitriles is 1. The maximum atomic E-state index is 13.9. The summed E-state index contributed by atoms with van der Waals surface area (Å²) in [5, 5.41) is 22.6. The SMILES string of the molecule is CCCCOC(=O)N[C@@H](Cc1ccc(Oc2ccc([N+](=O)[O-])cn2)cc1)C(=O)N1C[C@@H](F)C[C@H]1C#N. The number of hydrogen-bond acceptors (Lipinski definition) is 8. The van der Waals surface area contributed by atoms with Crippen molar-refractivity contribution in [3.8, 4) is 17.7 Å². The van der Waals surface area contributed by atoms with Gasteiger partial charge in [-0.25, -0.2) is 14.2 Å². The molecule has 0 radical (unpaired) electrons. The third kappa shape index (κ3) is 7.11. The Morgan fingerprint density at radius 3 is 2.69 bits per heavy atom. The monoisotopic (exact) mass is 499 g/mol. The molecule has 11 nitrogen and oxygen atoms in total. The van der Waals surface area contributed by atoms with Crippen LogP contribution in [0.1, 0.15) is 31.7 Å². The van der Waals surface area contributed by atoms with Crippen LogP contribution in [0.15, 0.2) is 42.6 Å². The topological polar surface area (TPSA) is 148 Å². The highest BCUT2D eigenvalue weighted by Crippen LogP contribution is 2.24. The van der Waals surface area contributed by atoms with E-state index in [0.29, 0.717) is 17.7 Å². The van der Waals surface area contributed by atoms with Gasteiger partial charge in [0.25, 0.3) is 5.69 Å². The molecule has 1 saturated heterocycles. The van der Waals surface area contributed by atoms with Gasteiger partial charge in [0.2, 0.25) is 11.8 Å². The minimum absolute atomic E-state index is 0.0708. The molecule has 1 aromatic carbocycles. The molecule has 36 heavy (non-hydrogen) atoms. The molecule has 1 aliphatic heterocycles. The van der Waals surface area contributed by atoms with E-state index < -0.39 is 35.2 Å². The number of benzene rings is 1. The first-order chi connectivity index (χ1) is 17.3. The van der Waals surface area contributed by atoms with Crippen molar-refractivity contribution < 1.29 is 28.4 Å². The molecule has 0 unspecified atom stereocenters. The van der Waals surface area contributed by atoms with Gasteiger partial charge in [-0.15, -0.1) is 0 Å². The summed E-state index contributed by atoms with van der Waals surface area (Å²) < 4.78 is 24.6. The van der Waals surface area contributed by atoms with Gasteiger partial charge in [0.15, 0.2) is 0 Å². The molecule has 0 bridgehead atoms. The van der Waals surface area contributed by atoms with E-state index in [9.17, 15) is 29.4 Å². The number of nitrogens with zero attached hydrogens (tertiary/aromatic N) is 4. The minimum atomic E-state index is -1.31. The van der Waals surface area contributed by atoms with E-state index in [1.165, 1.54) is 12.1 Å². The molecule has 12 heteroatoms. The van der Waals surface area contributed by atoms with Crippen LogP contribution in [-0.4, -0.2) is 58.2 Å². The smallest absolute Gasteiger partial charge is 0.407 e. The van der Waals surface area contributed by atoms with Gasteiger partial charge in [0, 0.05) is 25.0 Å². The molecule has 1 fully saturated rings. The Hall–Kier alpha value is -4.27. The largest absolute Gasteiger partial charge is 0.450 e. The number of unbranched alkanes of at least 4 members (excludes halogenated alkanes) is 1. The molecule has 2 heterocycles. The molecule has 0 saturated carbocycles. The van der Waals surface area contributed by atoms with Gasteiger partial charge in [0.1, 0.15) is 30.2 Å². The van der Waals surface area contributed by atoms with Crippen LogP contribution in [0.4, 0.5) is 14.9 Å². The zero-order chi connectivity index (χ0) is 26.1. The molecule has 3 rings (SSSR count). The highest BCUT2D eigenvalue weighted by Gasteiger charge is 2.39. The lowest BCUT2D eigenvalue weighted by molar-refractivity contribution is -0.385. The van der Waals surface area contributed by atoms with Crippen LogP contribution in [0.2, 0.25) is 0 Å². The summed E-state index contributed by atoms with van der Waals surface area (Å²) in [5.41, 5.74) is 0.501. The number of rotatable bonds is 10. The normalized spacial score (nSPS) is 17.6. The molecule has 1 aromatic heterocycles. The van der Waals surface area contributed by atoms with Crippen molar-refractivity contribution in [3.05, 3.63) is 58.3 Å². The average Bonchev–Trinajstić information content (AvgIpc) is 3.25. The van der Waals surface area contributed by atoms with E-state index in [0.717, 1.165) is 17.5 Å². The number of hydrogen-bond donors (Lipinski definition) is 1. The third-order valence-electron chi connectivity index (χ3n) is 5.52. The number of carbonyl (C=O) groups is 2. The van der Waals surface area contributed by atoms with Gasteiger partial charge < -0.3 is 19.7 Å². The summed E-state index contributed by atoms with van der Waals surface area (Å²) in [6.45, 7) is 1.93. The van der Waals surface area contributed by atoms with Crippen molar-refractivity contribution in [1.82, 2.24) is 15.2 Å². The molecular formula is C24H26FN5O6. The van der Waals surface area contributed by atoms with Crippen LogP contribution in [0.5, 0.6) is 11.6 Å². The van der Waals surface area contributed by atoms with Crippen LogP contribution in [0.3, 0.4) is 0 Å². The highest BCUT2D eigenvalue weighted by atomic mass is 19.1. The molecule has 1 aliphatic rings. The number of aromatic nitrogens is 1. The zero-order valence-corrected chi connectivity index (χ0v) is 19.6. The fourth-order valence-electron chi connectivity index (χ4n) is 3.63. The standard InChI is InChI=1S/C24H26FN5O6/c1-2-3-10-35-24(32)28-21(23(31)29-15-17(25)12-19(29)13-26)11-16-4-7-20(8-5-16)36-22-9-6-18(14-27-22)30(33)34/h4-9,14,17,19,21H,2-3,10-12,15H2,1H3,(H,28,32)/t17-,19-,21-/m0/s1. The van der Waals surface area contributed by atoms with Crippen LogP contribution in [0, 0.1) is 21.4 Å². The maximum absolute atomic E-state index is 13.9. The van der Waals surface area contributed by atoms with Gasteiger partial charge in [-0.3, -0.25) is 14.9 Å². The first-order valence-corrected chi connectivity index (χ1v) is 11.5. The van der Waals surface area contributed by atoms with Crippen molar-refractivity contribution in [3.63, 3.8) is 0 Å². The lowest BCUT2D eigenvalue weighted by atomic mass is 10.0. The van der Waals surface area contributed by atoms with Crippen LogP contribution >= 0.6 is 0 Å². The van der Waals surface area contributed by atoms with E-state index in [1.54, 1.807) is 24.3 Å². The number of ether oxygens (including phenoxy) is 2. The minimum Gasteiger partial charge on any atom is -0.450 e. The van der Waals surface area contributed by atoms with E-state index in [2.05, 4.69) is 10.3 Å². The number of likely N-dealkylation sites (tertiary alicyclic amines) is 1. The van der Waals surface area contributed by atoms with Crippen molar-refractivity contribution in [1.29, 1.82) is 5.26 Å². The quantitative estimate of drug-likeness (QED) is 0.296. The Balaban J connectivity index is 1.70. The summed E-state index contributed by atoms with van der Waals surface area (Å²) in [4.78, 5) is 40.6. The number of nitro groups is 1. The number of pyridine rings is 1. The highest BCUT2D eigenvalue weighted by molar-refractivity contribution is 5.86. The molecular weight excluding hydrogens is 473 g/mol. The fourth-order valence-corrected chi connectivity index (χ4v) is 3.63. The molecule has 1 N–H and O–H groups in total. The number of alkyl halides is 1. The number of halogens is 1. The molecule has 2 aromatic rings. The van der Waals surface area contributed by atoms with Gasteiger partial charge in [-0.05, 0) is 24.1 Å². The first kappa shape index (κ1) is 26.3. The van der Waals surface area contributed by atoms with Crippen molar-refractivity contribution in [2.45, 2.75) is 50.9 Å². The Morgan fingerprint density at radius 1 is 1.33 bits per heavy atom.